The molecule has 25 heavy (non-hydrogen) atoms. The van der Waals surface area contributed by atoms with Crippen LogP contribution in [0, 0.1) is 5.92 Å². The summed E-state index contributed by atoms with van der Waals surface area (Å²) in [5.41, 5.74) is -0.173. The van der Waals surface area contributed by atoms with Gasteiger partial charge in [-0.15, -0.1) is 5.10 Å². The largest absolute Gasteiger partial charge is 0.434 e. The maximum absolute atomic E-state index is 12.8. The second-order valence-corrected chi connectivity index (χ2v) is 6.94. The van der Waals surface area contributed by atoms with Gasteiger partial charge in [0.2, 0.25) is 0 Å². The molecule has 0 bridgehead atoms. The van der Waals surface area contributed by atoms with Gasteiger partial charge in [-0.3, -0.25) is 4.79 Å². The second kappa shape index (κ2) is 6.74. The third-order valence-electron chi connectivity index (χ3n) is 4.34. The molecule has 1 aliphatic rings. The Balaban J connectivity index is 1.66. The van der Waals surface area contributed by atoms with E-state index in [2.05, 4.69) is 14.6 Å². The molecule has 10 heteroatoms. The van der Waals surface area contributed by atoms with E-state index >= 15 is 0 Å². The van der Waals surface area contributed by atoms with E-state index in [1.54, 1.807) is 16.5 Å². The summed E-state index contributed by atoms with van der Waals surface area (Å²) in [7, 11) is 1.70. The van der Waals surface area contributed by atoms with Gasteiger partial charge in [0, 0.05) is 32.8 Å². The maximum Gasteiger partial charge on any atom is 0.434 e. The molecule has 0 spiro atoms. The van der Waals surface area contributed by atoms with E-state index in [0.29, 0.717) is 48.7 Å². The molecule has 2 aromatic rings. The van der Waals surface area contributed by atoms with Crippen LogP contribution in [0.15, 0.2) is 6.20 Å². The summed E-state index contributed by atoms with van der Waals surface area (Å²) in [5, 5.41) is 3.94. The highest BCUT2D eigenvalue weighted by Gasteiger charge is 2.36. The molecular formula is C15H18F3N5OS. The smallest absolute Gasteiger partial charge is 0.341 e. The molecular weight excluding hydrogens is 355 g/mol. The average molecular weight is 373 g/mol. The Morgan fingerprint density at radius 3 is 2.92 bits per heavy atom. The zero-order valence-electron chi connectivity index (χ0n) is 13.9. The Morgan fingerprint density at radius 2 is 2.24 bits per heavy atom. The summed E-state index contributed by atoms with van der Waals surface area (Å²) in [6.45, 7) is 2.81. The SMILES string of the molecule is CCc1nnsc1C(=O)N(C)CC1CCc2nc(C(F)(F)F)cn2C1. The zero-order valence-corrected chi connectivity index (χ0v) is 14.7. The number of aryl methyl sites for hydroxylation is 2. The highest BCUT2D eigenvalue weighted by Crippen LogP contribution is 2.31. The Kier molecular flexibility index (Phi) is 4.81. The summed E-state index contributed by atoms with van der Waals surface area (Å²) in [6, 6.07) is 0. The van der Waals surface area contributed by atoms with Crippen molar-refractivity contribution in [1.29, 1.82) is 0 Å². The van der Waals surface area contributed by atoms with Gasteiger partial charge in [0.1, 0.15) is 10.7 Å². The van der Waals surface area contributed by atoms with Crippen molar-refractivity contribution in [2.24, 2.45) is 5.92 Å². The Morgan fingerprint density at radius 1 is 1.48 bits per heavy atom. The molecule has 2 aromatic heterocycles. The molecule has 3 rings (SSSR count). The molecule has 0 N–H and O–H groups in total. The normalized spacial score (nSPS) is 17.4. The molecule has 1 atom stereocenters. The zero-order chi connectivity index (χ0) is 18.2. The minimum Gasteiger partial charge on any atom is -0.341 e. The highest BCUT2D eigenvalue weighted by atomic mass is 32.1. The fourth-order valence-corrected chi connectivity index (χ4v) is 3.79. The number of fused-ring (bicyclic) bond motifs is 1. The van der Waals surface area contributed by atoms with Crippen LogP contribution < -0.4 is 0 Å². The Bertz CT molecular complexity index is 770. The first-order chi connectivity index (χ1) is 11.8. The predicted octanol–water partition coefficient (Wildman–Crippen LogP) is 2.65. The Hall–Kier alpha value is -1.97. The molecule has 1 amide bonds. The number of rotatable bonds is 4. The van der Waals surface area contributed by atoms with Gasteiger partial charge in [-0.25, -0.2) is 4.98 Å². The van der Waals surface area contributed by atoms with Gasteiger partial charge in [0.05, 0.1) is 5.69 Å². The topological polar surface area (TPSA) is 63.9 Å². The molecule has 0 aliphatic carbocycles. The molecule has 1 aliphatic heterocycles. The minimum absolute atomic E-state index is 0.0858. The number of carbonyl (C=O) groups is 1. The van der Waals surface area contributed by atoms with Gasteiger partial charge in [0.15, 0.2) is 5.69 Å². The van der Waals surface area contributed by atoms with Gasteiger partial charge in [-0.1, -0.05) is 11.4 Å². The quantitative estimate of drug-likeness (QED) is 0.827. The lowest BCUT2D eigenvalue weighted by molar-refractivity contribution is -0.141. The number of halogens is 3. The van der Waals surface area contributed by atoms with Gasteiger partial charge in [-0.05, 0) is 30.3 Å². The Labute approximate surface area is 146 Å². The van der Waals surface area contributed by atoms with Crippen molar-refractivity contribution in [3.05, 3.63) is 28.3 Å². The number of alkyl halides is 3. The standard InChI is InChI=1S/C15H18F3N5OS/c1-3-10-13(25-21-20-10)14(24)22(2)6-9-4-5-12-19-11(15(16,17)18)8-23(12)7-9/h8-9H,3-7H2,1-2H3. The van der Waals surface area contributed by atoms with E-state index in [1.165, 1.54) is 0 Å². The molecule has 0 saturated carbocycles. The molecule has 1 unspecified atom stereocenters. The minimum atomic E-state index is -4.43. The third-order valence-corrected chi connectivity index (χ3v) is 5.10. The number of imidazole rings is 1. The van der Waals surface area contributed by atoms with Crippen molar-refractivity contribution in [3.8, 4) is 0 Å². The number of aromatic nitrogens is 4. The van der Waals surface area contributed by atoms with Gasteiger partial charge in [-0.2, -0.15) is 13.2 Å². The van der Waals surface area contributed by atoms with Gasteiger partial charge >= 0.3 is 6.18 Å². The van der Waals surface area contributed by atoms with E-state index in [9.17, 15) is 18.0 Å². The predicted molar refractivity (Wildman–Crippen MR) is 85.3 cm³/mol. The fourth-order valence-electron chi connectivity index (χ4n) is 3.05. The van der Waals surface area contributed by atoms with Crippen molar-refractivity contribution < 1.29 is 18.0 Å². The van der Waals surface area contributed by atoms with Crippen LogP contribution in [0.2, 0.25) is 0 Å². The molecule has 0 fully saturated rings. The van der Waals surface area contributed by atoms with E-state index in [1.807, 2.05) is 6.92 Å². The fraction of sp³-hybridized carbons (Fsp3) is 0.600. The van der Waals surface area contributed by atoms with E-state index in [0.717, 1.165) is 17.7 Å². The number of nitrogens with zero attached hydrogens (tertiary/aromatic N) is 5. The molecule has 0 aromatic carbocycles. The maximum atomic E-state index is 12.8. The average Bonchev–Trinajstić information content (AvgIpc) is 3.19. The summed E-state index contributed by atoms with van der Waals surface area (Å²) < 4.78 is 43.7. The van der Waals surface area contributed by atoms with Crippen molar-refractivity contribution in [3.63, 3.8) is 0 Å². The van der Waals surface area contributed by atoms with E-state index in [4.69, 9.17) is 0 Å². The van der Waals surface area contributed by atoms with Crippen LogP contribution in [0.25, 0.3) is 0 Å². The first-order valence-corrected chi connectivity index (χ1v) is 8.76. The van der Waals surface area contributed by atoms with Crippen molar-refractivity contribution >= 4 is 17.4 Å². The van der Waals surface area contributed by atoms with Crippen LogP contribution in [0.4, 0.5) is 13.2 Å². The lowest BCUT2D eigenvalue weighted by Gasteiger charge is -2.28. The highest BCUT2D eigenvalue weighted by molar-refractivity contribution is 7.07. The first kappa shape index (κ1) is 17.8. The summed E-state index contributed by atoms with van der Waals surface area (Å²) in [4.78, 5) is 18.3. The first-order valence-electron chi connectivity index (χ1n) is 7.99. The van der Waals surface area contributed by atoms with E-state index in [-0.39, 0.29) is 11.8 Å². The van der Waals surface area contributed by atoms with Crippen LogP contribution in [0.1, 0.15) is 40.2 Å². The third kappa shape index (κ3) is 3.68. The van der Waals surface area contributed by atoms with Gasteiger partial charge in [0.25, 0.3) is 5.91 Å². The monoisotopic (exact) mass is 373 g/mol. The van der Waals surface area contributed by atoms with Crippen LogP contribution in [-0.4, -0.2) is 43.5 Å². The molecule has 136 valence electrons. The van der Waals surface area contributed by atoms with Crippen LogP contribution in [-0.2, 0) is 25.6 Å². The molecule has 0 saturated heterocycles. The molecule has 0 radical (unpaired) electrons. The number of amides is 1. The van der Waals surface area contributed by atoms with E-state index < -0.39 is 11.9 Å². The van der Waals surface area contributed by atoms with Crippen LogP contribution >= 0.6 is 11.5 Å². The molecule has 6 nitrogen and oxygen atoms in total. The van der Waals surface area contributed by atoms with Crippen LogP contribution in [0.3, 0.4) is 0 Å². The lowest BCUT2D eigenvalue weighted by Crippen LogP contribution is -2.35. The number of hydrogen-bond acceptors (Lipinski definition) is 5. The summed E-state index contributed by atoms with van der Waals surface area (Å²) in [5.74, 6) is 0.402. The van der Waals surface area contributed by atoms with Crippen molar-refractivity contribution in [1.82, 2.24) is 24.0 Å². The molecule has 3 heterocycles. The second-order valence-electron chi connectivity index (χ2n) is 6.19. The van der Waals surface area contributed by atoms with Crippen molar-refractivity contribution in [2.45, 2.75) is 38.9 Å². The number of carbonyl (C=O) groups excluding carboxylic acids is 1. The van der Waals surface area contributed by atoms with Crippen molar-refractivity contribution in [2.75, 3.05) is 13.6 Å². The summed E-state index contributed by atoms with van der Waals surface area (Å²) >= 11 is 1.07. The summed E-state index contributed by atoms with van der Waals surface area (Å²) in [6.07, 6.45) is -1.56. The van der Waals surface area contributed by atoms with Gasteiger partial charge < -0.3 is 9.47 Å². The lowest BCUT2D eigenvalue weighted by atomic mass is 9.99. The van der Waals surface area contributed by atoms with Crippen LogP contribution in [0.5, 0.6) is 0 Å². The number of hydrogen-bond donors (Lipinski definition) is 0.